The molecule has 0 aromatic rings. The molecule has 0 spiro atoms. The highest BCUT2D eigenvalue weighted by Crippen LogP contribution is 2.16. The molecule has 1 unspecified atom stereocenters. The largest absolute Gasteiger partial charge is 0.462 e. The summed E-state index contributed by atoms with van der Waals surface area (Å²) < 4.78 is 16.8. The second-order valence-corrected chi connectivity index (χ2v) is 20.6. The van der Waals surface area contributed by atoms with Gasteiger partial charge >= 0.3 is 17.9 Å². The maximum atomic E-state index is 12.8. The highest BCUT2D eigenvalue weighted by atomic mass is 16.6. The quantitative estimate of drug-likeness (QED) is 0.0261. The van der Waals surface area contributed by atoms with Crippen molar-refractivity contribution in [1.82, 2.24) is 0 Å². The Hall–Kier alpha value is -3.15. The molecule has 0 aliphatic heterocycles. The van der Waals surface area contributed by atoms with Crippen molar-refractivity contribution in [3.05, 3.63) is 72.9 Å². The first kappa shape index (κ1) is 68.8. The summed E-state index contributed by atoms with van der Waals surface area (Å²) in [7, 11) is 0. The van der Waals surface area contributed by atoms with E-state index in [0.29, 0.717) is 19.3 Å². The number of carbonyl (C=O) groups excluding carboxylic acids is 3. The van der Waals surface area contributed by atoms with E-state index in [9.17, 15) is 14.4 Å². The summed E-state index contributed by atoms with van der Waals surface area (Å²) in [6.07, 6.45) is 77.9. The van der Waals surface area contributed by atoms with E-state index >= 15 is 0 Å². The molecule has 0 aromatic heterocycles. The number of rotatable bonds is 56. The topological polar surface area (TPSA) is 78.9 Å². The molecule has 6 heteroatoms. The van der Waals surface area contributed by atoms with Gasteiger partial charge in [0.25, 0.3) is 0 Å². The normalized spacial score (nSPS) is 12.5. The fourth-order valence-electron chi connectivity index (χ4n) is 8.83. The molecular weight excluding hydrogens is 889 g/mol. The van der Waals surface area contributed by atoms with Crippen molar-refractivity contribution in [3.63, 3.8) is 0 Å². The minimum absolute atomic E-state index is 0.0950. The molecule has 72 heavy (non-hydrogen) atoms. The predicted octanol–water partition coefficient (Wildman–Crippen LogP) is 20.9. The van der Waals surface area contributed by atoms with Gasteiger partial charge in [-0.25, -0.2) is 0 Å². The van der Waals surface area contributed by atoms with Gasteiger partial charge in [-0.1, -0.05) is 280 Å². The molecule has 0 rings (SSSR count). The van der Waals surface area contributed by atoms with Crippen LogP contribution in [0.2, 0.25) is 0 Å². The number of allylic oxidation sites excluding steroid dienone is 12. The Morgan fingerprint density at radius 3 is 0.903 bits per heavy atom. The predicted molar refractivity (Wildman–Crippen MR) is 311 cm³/mol. The molecule has 1 atom stereocenters. The van der Waals surface area contributed by atoms with Gasteiger partial charge in [0.1, 0.15) is 13.2 Å². The summed E-state index contributed by atoms with van der Waals surface area (Å²) in [5.41, 5.74) is 0. The van der Waals surface area contributed by atoms with E-state index in [1.54, 1.807) is 0 Å². The standard InChI is InChI=1S/C66H116O6/c1-4-7-10-13-16-19-22-24-26-28-29-30-31-32-33-34-35-36-37-39-40-42-44-47-50-53-56-59-65(68)71-62-63(61-70-64(67)58-55-52-49-46-21-18-15-12-9-6-3)72-66(69)60-57-54-51-48-45-43-41-38-27-25-23-20-17-14-11-8-5-2/h8,11,17,20,25,27-29,41,43,48,51,63H,4-7,9-10,12-16,18-19,21-24,26,30-40,42,44-47,49-50,52-62H2,1-3H3/b11-8-,20-17-,27-25-,29-28-,43-41-,51-48-. The molecule has 0 aliphatic rings. The number of esters is 3. The van der Waals surface area contributed by atoms with E-state index < -0.39 is 6.10 Å². The van der Waals surface area contributed by atoms with Gasteiger partial charge < -0.3 is 14.2 Å². The number of hydrogen-bond donors (Lipinski definition) is 0. The Morgan fingerprint density at radius 1 is 0.292 bits per heavy atom. The van der Waals surface area contributed by atoms with Crippen LogP contribution < -0.4 is 0 Å². The molecule has 0 amide bonds. The van der Waals surface area contributed by atoms with Crippen molar-refractivity contribution in [3.8, 4) is 0 Å². The maximum absolute atomic E-state index is 12.8. The lowest BCUT2D eigenvalue weighted by molar-refractivity contribution is -0.167. The first-order valence-electron chi connectivity index (χ1n) is 30.9. The van der Waals surface area contributed by atoms with Gasteiger partial charge in [0.2, 0.25) is 0 Å². The van der Waals surface area contributed by atoms with Crippen LogP contribution in [0.5, 0.6) is 0 Å². The van der Waals surface area contributed by atoms with Gasteiger partial charge in [0, 0.05) is 19.3 Å². The summed E-state index contributed by atoms with van der Waals surface area (Å²) in [5.74, 6) is -0.944. The highest BCUT2D eigenvalue weighted by Gasteiger charge is 2.19. The van der Waals surface area contributed by atoms with Crippen LogP contribution in [0, 0.1) is 0 Å². The Morgan fingerprint density at radius 2 is 0.556 bits per heavy atom. The van der Waals surface area contributed by atoms with E-state index in [2.05, 4.69) is 93.7 Å². The molecule has 0 bridgehead atoms. The first-order valence-corrected chi connectivity index (χ1v) is 30.9. The number of hydrogen-bond acceptors (Lipinski definition) is 6. The molecule has 6 nitrogen and oxygen atoms in total. The average Bonchev–Trinajstić information content (AvgIpc) is 3.38. The minimum Gasteiger partial charge on any atom is -0.462 e. The van der Waals surface area contributed by atoms with E-state index in [4.69, 9.17) is 14.2 Å². The van der Waals surface area contributed by atoms with Crippen LogP contribution in [0.3, 0.4) is 0 Å². The molecule has 0 aromatic carbocycles. The Labute approximate surface area is 446 Å². The van der Waals surface area contributed by atoms with Crippen molar-refractivity contribution in [2.45, 2.75) is 316 Å². The third-order valence-electron chi connectivity index (χ3n) is 13.4. The average molecular weight is 1010 g/mol. The van der Waals surface area contributed by atoms with E-state index in [1.165, 1.54) is 186 Å². The monoisotopic (exact) mass is 1000 g/mol. The van der Waals surface area contributed by atoms with Crippen molar-refractivity contribution in [1.29, 1.82) is 0 Å². The van der Waals surface area contributed by atoms with Crippen LogP contribution in [0.4, 0.5) is 0 Å². The van der Waals surface area contributed by atoms with Gasteiger partial charge in [-0.05, 0) is 83.5 Å². The second-order valence-electron chi connectivity index (χ2n) is 20.6. The molecular formula is C66H116O6. The van der Waals surface area contributed by atoms with Crippen LogP contribution >= 0.6 is 0 Å². The van der Waals surface area contributed by atoms with E-state index in [-0.39, 0.29) is 37.5 Å². The zero-order valence-electron chi connectivity index (χ0n) is 47.7. The summed E-state index contributed by atoms with van der Waals surface area (Å²) in [4.78, 5) is 38.1. The van der Waals surface area contributed by atoms with Crippen molar-refractivity contribution in [2.24, 2.45) is 0 Å². The van der Waals surface area contributed by atoms with Crippen molar-refractivity contribution in [2.75, 3.05) is 13.2 Å². The van der Waals surface area contributed by atoms with Crippen molar-refractivity contribution >= 4 is 17.9 Å². The molecule has 0 fully saturated rings. The van der Waals surface area contributed by atoms with E-state index in [0.717, 1.165) is 77.0 Å². The maximum Gasteiger partial charge on any atom is 0.306 e. The Balaban J connectivity index is 4.23. The molecule has 0 N–H and O–H groups in total. The lowest BCUT2D eigenvalue weighted by Crippen LogP contribution is -2.30. The van der Waals surface area contributed by atoms with Crippen LogP contribution in [0.15, 0.2) is 72.9 Å². The highest BCUT2D eigenvalue weighted by molar-refractivity contribution is 5.71. The molecule has 416 valence electrons. The number of unbranched alkanes of at least 4 members (excludes halogenated alkanes) is 33. The van der Waals surface area contributed by atoms with Crippen LogP contribution in [-0.2, 0) is 28.6 Å². The molecule has 0 saturated carbocycles. The summed E-state index contributed by atoms with van der Waals surface area (Å²) >= 11 is 0. The van der Waals surface area contributed by atoms with Gasteiger partial charge in [0.05, 0.1) is 0 Å². The molecule has 0 radical (unpaired) electrons. The van der Waals surface area contributed by atoms with Gasteiger partial charge in [-0.15, -0.1) is 0 Å². The lowest BCUT2D eigenvalue weighted by Gasteiger charge is -2.18. The fraction of sp³-hybridized carbons (Fsp3) is 0.773. The van der Waals surface area contributed by atoms with Crippen LogP contribution in [0.25, 0.3) is 0 Å². The minimum atomic E-state index is -0.802. The molecule has 0 saturated heterocycles. The summed E-state index contributed by atoms with van der Waals surface area (Å²) in [5, 5.41) is 0. The van der Waals surface area contributed by atoms with Gasteiger partial charge in [-0.3, -0.25) is 14.4 Å². The fourth-order valence-corrected chi connectivity index (χ4v) is 8.83. The van der Waals surface area contributed by atoms with E-state index in [1.807, 2.05) is 0 Å². The second kappa shape index (κ2) is 60.4. The SMILES string of the molecule is CC/C=C\C/C=C\C/C=C\C/C=C\C/C=C\CCCC(=O)OC(COC(=O)CCCCCCCCCCCC)COC(=O)CCCCCCCCCCCCCCCCC/C=C\CCCCCCCCCC. The van der Waals surface area contributed by atoms with Crippen LogP contribution in [-0.4, -0.2) is 37.2 Å². The van der Waals surface area contributed by atoms with Crippen molar-refractivity contribution < 1.29 is 28.6 Å². The third-order valence-corrected chi connectivity index (χ3v) is 13.4. The smallest absolute Gasteiger partial charge is 0.306 e. The lowest BCUT2D eigenvalue weighted by atomic mass is 10.0. The van der Waals surface area contributed by atoms with Gasteiger partial charge in [-0.2, -0.15) is 0 Å². The zero-order valence-corrected chi connectivity index (χ0v) is 47.7. The first-order chi connectivity index (χ1) is 35.5. The Bertz CT molecular complexity index is 1340. The summed E-state index contributed by atoms with van der Waals surface area (Å²) in [6.45, 7) is 6.49. The molecule has 0 heterocycles. The number of carbonyl (C=O) groups is 3. The van der Waals surface area contributed by atoms with Crippen LogP contribution in [0.1, 0.15) is 310 Å². The third kappa shape index (κ3) is 57.7. The van der Waals surface area contributed by atoms with Gasteiger partial charge in [0.15, 0.2) is 6.10 Å². The summed E-state index contributed by atoms with van der Waals surface area (Å²) in [6, 6.07) is 0. The Kier molecular flexibility index (Phi) is 57.8. The zero-order chi connectivity index (χ0) is 52.2. The number of ether oxygens (including phenoxy) is 3. The molecule has 0 aliphatic carbocycles.